The van der Waals surface area contributed by atoms with Crippen molar-refractivity contribution in [2.45, 2.75) is 31.0 Å². The van der Waals surface area contributed by atoms with Gasteiger partial charge in [0.1, 0.15) is 17.5 Å². The quantitative estimate of drug-likeness (QED) is 0.350. The highest BCUT2D eigenvalue weighted by Gasteiger charge is 2.28. The van der Waals surface area contributed by atoms with Gasteiger partial charge in [-0.3, -0.25) is 9.59 Å². The van der Waals surface area contributed by atoms with Gasteiger partial charge in [0.25, 0.3) is 5.91 Å². The number of sulfonamides is 1. The molecule has 1 fully saturated rings. The second-order valence-corrected chi connectivity index (χ2v) is 11.5. The normalized spacial score (nSPS) is 14.6. The number of carbonyl (C=O) groups is 2. The monoisotopic (exact) mass is 581 g/mol. The van der Waals surface area contributed by atoms with Crippen LogP contribution in [0.15, 0.2) is 83.8 Å². The van der Waals surface area contributed by atoms with Crippen LogP contribution in [0.4, 0.5) is 0 Å². The Balaban J connectivity index is 1.39. The molecule has 2 amide bonds. The molecule has 3 aromatic rings. The second-order valence-electron chi connectivity index (χ2n) is 9.53. The molecule has 218 valence electrons. The van der Waals surface area contributed by atoms with Gasteiger partial charge in [0, 0.05) is 26.2 Å². The maximum absolute atomic E-state index is 13.3. The van der Waals surface area contributed by atoms with Crippen LogP contribution in [0, 0.1) is 0 Å². The van der Waals surface area contributed by atoms with Gasteiger partial charge in [0.15, 0.2) is 6.61 Å². The first-order chi connectivity index (χ1) is 19.8. The molecule has 41 heavy (non-hydrogen) atoms. The van der Waals surface area contributed by atoms with Crippen molar-refractivity contribution in [1.29, 1.82) is 0 Å². The largest absolute Gasteiger partial charge is 0.497 e. The zero-order chi connectivity index (χ0) is 29.2. The molecule has 0 radical (unpaired) electrons. The number of nitrogens with one attached hydrogen (secondary N) is 1. The first-order valence-corrected chi connectivity index (χ1v) is 14.8. The molecule has 0 aliphatic carbocycles. The number of carbonyl (C=O) groups excluding carboxylic acids is 2. The van der Waals surface area contributed by atoms with Crippen molar-refractivity contribution < 1.29 is 32.2 Å². The molecule has 1 aliphatic rings. The van der Waals surface area contributed by atoms with Crippen LogP contribution in [0.1, 0.15) is 18.1 Å². The van der Waals surface area contributed by atoms with Gasteiger partial charge in [-0.1, -0.05) is 42.5 Å². The Morgan fingerprint density at radius 1 is 0.927 bits per heavy atom. The Morgan fingerprint density at radius 3 is 2.20 bits per heavy atom. The molecular weight excluding hydrogens is 546 g/mol. The number of hydrogen-bond donors (Lipinski definition) is 1. The summed E-state index contributed by atoms with van der Waals surface area (Å²) in [5.41, 5.74) is 1.77. The van der Waals surface area contributed by atoms with Gasteiger partial charge in [-0.15, -0.1) is 0 Å². The lowest BCUT2D eigenvalue weighted by Crippen LogP contribution is -2.48. The van der Waals surface area contributed by atoms with Crippen LogP contribution >= 0.6 is 0 Å². The zero-order valence-corrected chi connectivity index (χ0v) is 24.0. The lowest BCUT2D eigenvalue weighted by atomic mass is 10.1. The zero-order valence-electron chi connectivity index (χ0n) is 23.2. The van der Waals surface area contributed by atoms with E-state index in [2.05, 4.69) is 5.32 Å². The fraction of sp³-hybridized carbons (Fsp3) is 0.333. The predicted molar refractivity (Wildman–Crippen MR) is 153 cm³/mol. The molecule has 0 spiro atoms. The van der Waals surface area contributed by atoms with E-state index in [0.717, 1.165) is 16.9 Å². The summed E-state index contributed by atoms with van der Waals surface area (Å²) in [5, 5.41) is 2.90. The van der Waals surface area contributed by atoms with Crippen LogP contribution in [0.5, 0.6) is 11.5 Å². The molecule has 3 aromatic carbocycles. The molecule has 0 saturated carbocycles. The standard InChI is InChI=1S/C30H35N3O7S/c1-23(30(35)31-20-24-8-10-26(38-2)11-9-24)33(21-25-6-4-3-5-7-25)29(34)22-40-27-12-14-28(15-13-27)41(36,37)32-16-18-39-19-17-32/h3-15,23H,16-22H2,1-2H3,(H,31,35)/t23-/m0/s1. The van der Waals surface area contributed by atoms with Gasteiger partial charge < -0.3 is 24.4 Å². The van der Waals surface area contributed by atoms with E-state index < -0.39 is 16.1 Å². The fourth-order valence-corrected chi connectivity index (χ4v) is 5.72. The average molecular weight is 582 g/mol. The van der Waals surface area contributed by atoms with Gasteiger partial charge in [0.2, 0.25) is 15.9 Å². The van der Waals surface area contributed by atoms with Crippen LogP contribution in [0.2, 0.25) is 0 Å². The summed E-state index contributed by atoms with van der Waals surface area (Å²) in [7, 11) is -2.05. The minimum atomic E-state index is -3.64. The van der Waals surface area contributed by atoms with Gasteiger partial charge in [-0.25, -0.2) is 8.42 Å². The highest BCUT2D eigenvalue weighted by atomic mass is 32.2. The molecular formula is C30H35N3O7S. The Hall–Kier alpha value is -3.93. The van der Waals surface area contributed by atoms with Crippen molar-refractivity contribution in [3.8, 4) is 11.5 Å². The third kappa shape index (κ3) is 8.06. The van der Waals surface area contributed by atoms with Crippen molar-refractivity contribution >= 4 is 21.8 Å². The summed E-state index contributed by atoms with van der Waals surface area (Å²) in [6, 6.07) is 21.9. The lowest BCUT2D eigenvalue weighted by molar-refractivity contribution is -0.142. The summed E-state index contributed by atoms with van der Waals surface area (Å²) < 4.78 is 43.2. The number of nitrogens with zero attached hydrogens (tertiary/aromatic N) is 2. The third-order valence-electron chi connectivity index (χ3n) is 6.78. The number of rotatable bonds is 12. The molecule has 1 heterocycles. The van der Waals surface area contributed by atoms with Crippen LogP contribution in [0.3, 0.4) is 0 Å². The first kappa shape index (κ1) is 30.0. The summed E-state index contributed by atoms with van der Waals surface area (Å²) in [4.78, 5) is 28.0. The maximum atomic E-state index is 13.3. The minimum absolute atomic E-state index is 0.144. The fourth-order valence-electron chi connectivity index (χ4n) is 4.31. The maximum Gasteiger partial charge on any atom is 0.261 e. The number of hydrogen-bond acceptors (Lipinski definition) is 7. The summed E-state index contributed by atoms with van der Waals surface area (Å²) in [6.07, 6.45) is 0. The molecule has 0 aromatic heterocycles. The first-order valence-electron chi connectivity index (χ1n) is 13.3. The Labute approximate surface area is 240 Å². The van der Waals surface area contributed by atoms with Crippen molar-refractivity contribution in [2.24, 2.45) is 0 Å². The highest BCUT2D eigenvalue weighted by Crippen LogP contribution is 2.21. The van der Waals surface area contributed by atoms with Crippen molar-refractivity contribution in [3.05, 3.63) is 90.0 Å². The number of amides is 2. The average Bonchev–Trinajstić information content (AvgIpc) is 3.02. The SMILES string of the molecule is COc1ccc(CNC(=O)[C@H](C)N(Cc2ccccc2)C(=O)COc2ccc(S(=O)(=O)N3CCOCC3)cc2)cc1. The summed E-state index contributed by atoms with van der Waals surface area (Å²) in [6.45, 7) is 3.21. The number of ether oxygens (including phenoxy) is 3. The van der Waals surface area contributed by atoms with Crippen molar-refractivity contribution in [2.75, 3.05) is 40.0 Å². The van der Waals surface area contributed by atoms with Crippen molar-refractivity contribution in [3.63, 3.8) is 0 Å². The molecule has 0 unspecified atom stereocenters. The third-order valence-corrected chi connectivity index (χ3v) is 8.70. The van der Waals surface area contributed by atoms with Crippen LogP contribution in [0.25, 0.3) is 0 Å². The second kappa shape index (κ2) is 14.1. The number of morpholine rings is 1. The molecule has 0 bridgehead atoms. The Morgan fingerprint density at radius 2 is 1.56 bits per heavy atom. The lowest BCUT2D eigenvalue weighted by Gasteiger charge is -2.29. The van der Waals surface area contributed by atoms with E-state index in [1.807, 2.05) is 54.6 Å². The van der Waals surface area contributed by atoms with E-state index in [4.69, 9.17) is 14.2 Å². The summed E-state index contributed by atoms with van der Waals surface area (Å²) >= 11 is 0. The summed E-state index contributed by atoms with van der Waals surface area (Å²) in [5.74, 6) is 0.380. The Kier molecular flexibility index (Phi) is 10.3. The van der Waals surface area contributed by atoms with Crippen molar-refractivity contribution in [1.82, 2.24) is 14.5 Å². The van der Waals surface area contributed by atoms with Gasteiger partial charge in [0.05, 0.1) is 25.2 Å². The molecule has 1 N–H and O–H groups in total. The Bertz CT molecular complexity index is 1390. The van der Waals surface area contributed by atoms with Gasteiger partial charge in [-0.05, 0) is 54.4 Å². The molecule has 1 saturated heterocycles. The molecule has 1 atom stereocenters. The predicted octanol–water partition coefficient (Wildman–Crippen LogP) is 2.83. The topological polar surface area (TPSA) is 114 Å². The van der Waals surface area contributed by atoms with Gasteiger partial charge in [-0.2, -0.15) is 4.31 Å². The van der Waals surface area contributed by atoms with Crippen LogP contribution in [-0.4, -0.2) is 75.5 Å². The number of methoxy groups -OCH3 is 1. The highest BCUT2D eigenvalue weighted by molar-refractivity contribution is 7.89. The van der Waals surface area contributed by atoms with E-state index in [0.29, 0.717) is 38.6 Å². The smallest absolute Gasteiger partial charge is 0.261 e. The van der Waals surface area contributed by atoms with E-state index in [1.54, 1.807) is 14.0 Å². The molecule has 4 rings (SSSR count). The molecule has 11 heteroatoms. The van der Waals surface area contributed by atoms with E-state index in [1.165, 1.54) is 33.5 Å². The van der Waals surface area contributed by atoms with Crippen LogP contribution < -0.4 is 14.8 Å². The van der Waals surface area contributed by atoms with E-state index in [9.17, 15) is 18.0 Å². The van der Waals surface area contributed by atoms with E-state index in [-0.39, 0.29) is 29.9 Å². The van der Waals surface area contributed by atoms with Gasteiger partial charge >= 0.3 is 0 Å². The number of benzene rings is 3. The van der Waals surface area contributed by atoms with E-state index >= 15 is 0 Å². The molecule has 10 nitrogen and oxygen atoms in total. The molecule has 1 aliphatic heterocycles. The van der Waals surface area contributed by atoms with Crippen LogP contribution in [-0.2, 0) is 37.4 Å². The minimum Gasteiger partial charge on any atom is -0.497 e.